The fourth-order valence-electron chi connectivity index (χ4n) is 1.71. The van der Waals surface area contributed by atoms with E-state index in [0.29, 0.717) is 10.9 Å². The second-order valence-electron chi connectivity index (χ2n) is 3.74. The highest BCUT2D eigenvalue weighted by Crippen LogP contribution is 2.26. The Hall–Kier alpha value is -1.46. The van der Waals surface area contributed by atoms with Crippen LogP contribution in [0.2, 0.25) is 0 Å². The van der Waals surface area contributed by atoms with E-state index in [1.165, 1.54) is 17.4 Å². The maximum absolute atomic E-state index is 13.5. The Morgan fingerprint density at radius 1 is 1.33 bits per heavy atom. The minimum absolute atomic E-state index is 0.121. The van der Waals surface area contributed by atoms with E-state index < -0.39 is 5.82 Å². The van der Waals surface area contributed by atoms with Gasteiger partial charge >= 0.3 is 0 Å². The van der Waals surface area contributed by atoms with Crippen molar-refractivity contribution in [1.82, 2.24) is 0 Å². The Balaban J connectivity index is 2.10. The summed E-state index contributed by atoms with van der Waals surface area (Å²) in [6.45, 7) is 0. The maximum Gasteiger partial charge on any atom is 0.229 e. The third-order valence-corrected chi connectivity index (χ3v) is 4.05. The summed E-state index contributed by atoms with van der Waals surface area (Å²) < 4.78 is 19.6. The van der Waals surface area contributed by atoms with Gasteiger partial charge in [-0.25, -0.2) is 4.39 Å². The van der Waals surface area contributed by atoms with E-state index in [1.807, 2.05) is 0 Å². The molecule has 0 radical (unpaired) electrons. The number of hydrogen-bond acceptors (Lipinski definition) is 3. The SMILES string of the molecule is O=C(c1csc(Br)c1)c1cc2cccc(F)c2o1. The van der Waals surface area contributed by atoms with Gasteiger partial charge in [0, 0.05) is 16.3 Å². The molecular weight excluding hydrogens is 319 g/mol. The molecule has 0 saturated heterocycles. The highest BCUT2D eigenvalue weighted by atomic mass is 79.9. The number of carbonyl (C=O) groups excluding carboxylic acids is 1. The average Bonchev–Trinajstić information content (AvgIpc) is 2.95. The molecule has 18 heavy (non-hydrogen) atoms. The molecule has 2 aromatic heterocycles. The van der Waals surface area contributed by atoms with E-state index in [9.17, 15) is 9.18 Å². The summed E-state index contributed by atoms with van der Waals surface area (Å²) in [6.07, 6.45) is 0. The lowest BCUT2D eigenvalue weighted by molar-refractivity contribution is 0.101. The molecule has 0 unspecified atom stereocenters. The summed E-state index contributed by atoms with van der Waals surface area (Å²) in [7, 11) is 0. The number of thiophene rings is 1. The molecule has 0 aliphatic rings. The van der Waals surface area contributed by atoms with E-state index in [4.69, 9.17) is 4.42 Å². The van der Waals surface area contributed by atoms with Crippen LogP contribution in [-0.2, 0) is 0 Å². The first kappa shape index (κ1) is 11.6. The van der Waals surface area contributed by atoms with Crippen LogP contribution in [0, 0.1) is 5.82 Å². The summed E-state index contributed by atoms with van der Waals surface area (Å²) in [5, 5.41) is 2.32. The average molecular weight is 325 g/mol. The van der Waals surface area contributed by atoms with Gasteiger partial charge in [0.2, 0.25) is 5.78 Å². The smallest absolute Gasteiger partial charge is 0.229 e. The Morgan fingerprint density at radius 2 is 2.17 bits per heavy atom. The van der Waals surface area contributed by atoms with Crippen molar-refractivity contribution in [2.75, 3.05) is 0 Å². The van der Waals surface area contributed by atoms with Gasteiger partial charge in [0.25, 0.3) is 0 Å². The standard InChI is InChI=1S/C13H6BrFO2S/c14-11-5-8(6-18-11)12(16)10-4-7-2-1-3-9(15)13(7)17-10/h1-6H. The van der Waals surface area contributed by atoms with Crippen molar-refractivity contribution >= 4 is 44.0 Å². The van der Waals surface area contributed by atoms with Crippen molar-refractivity contribution < 1.29 is 13.6 Å². The number of carbonyl (C=O) groups is 1. The van der Waals surface area contributed by atoms with Gasteiger partial charge in [0.1, 0.15) is 0 Å². The van der Waals surface area contributed by atoms with Gasteiger partial charge in [0.05, 0.1) is 3.79 Å². The first-order valence-electron chi connectivity index (χ1n) is 5.12. The van der Waals surface area contributed by atoms with Crippen molar-refractivity contribution in [2.24, 2.45) is 0 Å². The van der Waals surface area contributed by atoms with Crippen LogP contribution in [0.5, 0.6) is 0 Å². The van der Waals surface area contributed by atoms with Crippen molar-refractivity contribution in [3.63, 3.8) is 0 Å². The fourth-order valence-corrected chi connectivity index (χ4v) is 2.85. The summed E-state index contributed by atoms with van der Waals surface area (Å²) in [5.74, 6) is -0.550. The highest BCUT2D eigenvalue weighted by Gasteiger charge is 2.17. The summed E-state index contributed by atoms with van der Waals surface area (Å²) >= 11 is 4.71. The van der Waals surface area contributed by atoms with Crippen LogP contribution in [0.4, 0.5) is 4.39 Å². The second-order valence-corrected chi connectivity index (χ2v) is 6.03. The minimum atomic E-state index is -0.460. The lowest BCUT2D eigenvalue weighted by Gasteiger charge is -1.91. The highest BCUT2D eigenvalue weighted by molar-refractivity contribution is 9.11. The van der Waals surface area contributed by atoms with E-state index in [2.05, 4.69) is 15.9 Å². The largest absolute Gasteiger partial charge is 0.449 e. The Morgan fingerprint density at radius 3 is 2.83 bits per heavy atom. The lowest BCUT2D eigenvalue weighted by Crippen LogP contribution is -1.96. The van der Waals surface area contributed by atoms with Crippen LogP contribution in [-0.4, -0.2) is 5.78 Å². The Labute approximate surface area is 114 Å². The number of furan rings is 1. The van der Waals surface area contributed by atoms with Gasteiger partial charge in [0.15, 0.2) is 17.2 Å². The van der Waals surface area contributed by atoms with Gasteiger partial charge in [-0.15, -0.1) is 11.3 Å². The molecule has 2 nitrogen and oxygen atoms in total. The molecule has 0 aliphatic heterocycles. The number of para-hydroxylation sites is 1. The molecule has 0 atom stereocenters. The molecule has 5 heteroatoms. The zero-order valence-electron chi connectivity index (χ0n) is 8.94. The molecule has 0 saturated carbocycles. The van der Waals surface area contributed by atoms with Crippen LogP contribution < -0.4 is 0 Å². The second kappa shape index (κ2) is 4.33. The number of benzene rings is 1. The molecule has 0 bridgehead atoms. The molecule has 0 spiro atoms. The van der Waals surface area contributed by atoms with Crippen LogP contribution in [0.25, 0.3) is 11.0 Å². The third-order valence-electron chi connectivity index (χ3n) is 2.55. The fraction of sp³-hybridized carbons (Fsp3) is 0. The predicted molar refractivity (Wildman–Crippen MR) is 71.6 cm³/mol. The van der Waals surface area contributed by atoms with Crippen LogP contribution in [0.3, 0.4) is 0 Å². The molecule has 0 N–H and O–H groups in total. The molecule has 3 rings (SSSR count). The molecule has 0 amide bonds. The van der Waals surface area contributed by atoms with Gasteiger partial charge in [-0.05, 0) is 34.1 Å². The molecule has 3 aromatic rings. The molecule has 2 heterocycles. The molecule has 90 valence electrons. The summed E-state index contributed by atoms with van der Waals surface area (Å²) in [4.78, 5) is 12.1. The Kier molecular flexibility index (Phi) is 2.80. The van der Waals surface area contributed by atoms with E-state index >= 15 is 0 Å². The first-order valence-corrected chi connectivity index (χ1v) is 6.79. The van der Waals surface area contributed by atoms with E-state index in [0.717, 1.165) is 3.79 Å². The molecule has 0 aliphatic carbocycles. The van der Waals surface area contributed by atoms with Crippen molar-refractivity contribution in [3.8, 4) is 0 Å². The van der Waals surface area contributed by atoms with Gasteiger partial charge in [-0.1, -0.05) is 12.1 Å². The zero-order valence-corrected chi connectivity index (χ0v) is 11.3. The number of rotatable bonds is 2. The van der Waals surface area contributed by atoms with Crippen LogP contribution >= 0.6 is 27.3 Å². The summed E-state index contributed by atoms with van der Waals surface area (Å²) in [6, 6.07) is 7.88. The van der Waals surface area contributed by atoms with Crippen molar-refractivity contribution in [1.29, 1.82) is 0 Å². The number of ketones is 1. The first-order chi connectivity index (χ1) is 8.65. The normalized spacial score (nSPS) is 11.0. The van der Waals surface area contributed by atoms with E-state index in [-0.39, 0.29) is 17.1 Å². The lowest BCUT2D eigenvalue weighted by atomic mass is 10.1. The van der Waals surface area contributed by atoms with Crippen LogP contribution in [0.15, 0.2) is 43.9 Å². The zero-order chi connectivity index (χ0) is 12.7. The van der Waals surface area contributed by atoms with Gasteiger partial charge in [-0.2, -0.15) is 0 Å². The van der Waals surface area contributed by atoms with Crippen molar-refractivity contribution in [3.05, 3.63) is 56.6 Å². The van der Waals surface area contributed by atoms with Crippen LogP contribution in [0.1, 0.15) is 16.1 Å². The van der Waals surface area contributed by atoms with Crippen molar-refractivity contribution in [2.45, 2.75) is 0 Å². The minimum Gasteiger partial charge on any atom is -0.449 e. The number of hydrogen-bond donors (Lipinski definition) is 0. The summed E-state index contributed by atoms with van der Waals surface area (Å²) in [5.41, 5.74) is 0.654. The topological polar surface area (TPSA) is 30.2 Å². The Bertz CT molecular complexity index is 744. The predicted octanol–water partition coefficient (Wildman–Crippen LogP) is 4.63. The monoisotopic (exact) mass is 324 g/mol. The number of halogens is 2. The maximum atomic E-state index is 13.5. The number of fused-ring (bicyclic) bond motifs is 1. The van der Waals surface area contributed by atoms with E-state index in [1.54, 1.807) is 29.6 Å². The third kappa shape index (κ3) is 1.89. The van der Waals surface area contributed by atoms with Gasteiger partial charge in [-0.3, -0.25) is 4.79 Å². The van der Waals surface area contributed by atoms with Gasteiger partial charge < -0.3 is 4.42 Å². The molecule has 1 aromatic carbocycles. The molecule has 0 fully saturated rings. The quantitative estimate of drug-likeness (QED) is 0.643. The molecular formula is C13H6BrFO2S.